The number of para-hydroxylation sites is 2. The summed E-state index contributed by atoms with van der Waals surface area (Å²) in [5.41, 5.74) is 1.71. The van der Waals surface area contributed by atoms with Crippen molar-refractivity contribution in [3.8, 4) is 0 Å². The highest BCUT2D eigenvalue weighted by Gasteiger charge is 2.31. The minimum absolute atomic E-state index is 0.116. The topological polar surface area (TPSA) is 35.0 Å². The Morgan fingerprint density at radius 3 is 1.78 bits per heavy atom. The quantitative estimate of drug-likeness (QED) is 0.818. The zero-order valence-electron chi connectivity index (χ0n) is 10.3. The van der Waals surface area contributed by atoms with Crippen molar-refractivity contribution < 1.29 is 4.79 Å². The van der Waals surface area contributed by atoms with Gasteiger partial charge in [0, 0.05) is 30.8 Å². The van der Waals surface area contributed by atoms with Crippen LogP contribution in [0.15, 0.2) is 60.7 Å². The number of anilines is 2. The summed E-state index contributed by atoms with van der Waals surface area (Å²) in [6, 6.07) is 19.1. The van der Waals surface area contributed by atoms with Gasteiger partial charge in [0.1, 0.15) is 0 Å². The third-order valence-electron chi connectivity index (χ3n) is 2.56. The van der Waals surface area contributed by atoms with Gasteiger partial charge in [-0.1, -0.05) is 36.4 Å². The van der Waals surface area contributed by atoms with Crippen molar-refractivity contribution in [1.82, 2.24) is 10.2 Å². The summed E-state index contributed by atoms with van der Waals surface area (Å²) in [5.74, 6) is 0. The molecule has 0 heterocycles. The summed E-state index contributed by atoms with van der Waals surface area (Å²) in [5, 5.41) is 2.83. The predicted molar refractivity (Wildman–Crippen MR) is 73.4 cm³/mol. The van der Waals surface area contributed by atoms with Crippen molar-refractivity contribution in [2.24, 2.45) is 0 Å². The average Bonchev–Trinajstić information content (AvgIpc) is 2.42. The molecule has 18 heavy (non-hydrogen) atoms. The van der Waals surface area contributed by atoms with E-state index in [-0.39, 0.29) is 6.03 Å². The number of nitrogens with one attached hydrogen (secondary N) is 1. The molecular weight excluding hydrogens is 224 g/mol. The molecule has 0 aliphatic carbocycles. The first-order chi connectivity index (χ1) is 8.83. The van der Waals surface area contributed by atoms with Gasteiger partial charge in [-0.05, 0) is 11.8 Å². The highest BCUT2D eigenvalue weighted by atomic mass is 16.2. The van der Waals surface area contributed by atoms with Crippen molar-refractivity contribution in [2.45, 2.75) is 6.92 Å². The second kappa shape index (κ2) is 5.98. The molecule has 2 aromatic rings. The number of amides is 2. The summed E-state index contributed by atoms with van der Waals surface area (Å²) < 4.78 is 0. The molecule has 3 heteroatoms. The molecule has 1 N–H and O–H groups in total. The first kappa shape index (κ1) is 12.3. The number of carbonyl (C=O) groups excluding carboxylic acids is 1. The lowest BCUT2D eigenvalue weighted by molar-refractivity contribution is 0.239. The second-order valence-corrected chi connectivity index (χ2v) is 3.84. The highest BCUT2D eigenvalue weighted by Crippen LogP contribution is 2.23. The Balaban J connectivity index is 2.38. The maximum absolute atomic E-state index is 12.2. The fraction of sp³-hybridized carbons (Fsp3) is 0.133. The van der Waals surface area contributed by atoms with E-state index in [4.69, 9.17) is 0 Å². The summed E-state index contributed by atoms with van der Waals surface area (Å²) in [6.07, 6.45) is 0. The lowest BCUT2D eigenvalue weighted by Gasteiger charge is -2.08. The molecule has 0 saturated heterocycles. The molecule has 0 unspecified atom stereocenters. The number of carbonyl (C=O) groups is 1. The maximum Gasteiger partial charge on any atom is 0.476 e. The van der Waals surface area contributed by atoms with Crippen LogP contribution in [0.25, 0.3) is 0 Å². The van der Waals surface area contributed by atoms with Crippen LogP contribution in [0.5, 0.6) is 0 Å². The SMILES string of the molecule is CCNC(=O)[N+](c1ccccc1)c1ccccc1. The summed E-state index contributed by atoms with van der Waals surface area (Å²) in [6.45, 7) is 2.51. The first-order valence-electron chi connectivity index (χ1n) is 6.01. The van der Waals surface area contributed by atoms with Crippen molar-refractivity contribution in [3.05, 3.63) is 60.7 Å². The molecule has 91 valence electrons. The van der Waals surface area contributed by atoms with Crippen LogP contribution >= 0.6 is 0 Å². The van der Waals surface area contributed by atoms with E-state index in [1.165, 1.54) is 0 Å². The van der Waals surface area contributed by atoms with Crippen molar-refractivity contribution >= 4 is 17.4 Å². The van der Waals surface area contributed by atoms with E-state index >= 15 is 0 Å². The number of benzene rings is 2. The fourth-order valence-corrected chi connectivity index (χ4v) is 1.77. The first-order valence-corrected chi connectivity index (χ1v) is 6.01. The van der Waals surface area contributed by atoms with Gasteiger partial charge in [0.25, 0.3) is 0 Å². The lowest BCUT2D eigenvalue weighted by Crippen LogP contribution is -2.37. The van der Waals surface area contributed by atoms with Gasteiger partial charge >= 0.3 is 6.03 Å². The van der Waals surface area contributed by atoms with Crippen LogP contribution in [0.1, 0.15) is 6.92 Å². The summed E-state index contributed by atoms with van der Waals surface area (Å²) in [4.78, 5) is 13.8. The highest BCUT2D eigenvalue weighted by molar-refractivity contribution is 5.88. The molecule has 0 spiro atoms. The fourth-order valence-electron chi connectivity index (χ4n) is 1.77. The van der Waals surface area contributed by atoms with Gasteiger partial charge in [0.2, 0.25) is 0 Å². The Hall–Kier alpha value is -2.13. The number of hydrogen-bond donors (Lipinski definition) is 1. The number of rotatable bonds is 3. The van der Waals surface area contributed by atoms with Crippen LogP contribution in [-0.2, 0) is 0 Å². The third-order valence-corrected chi connectivity index (χ3v) is 2.56. The van der Waals surface area contributed by atoms with Gasteiger partial charge < -0.3 is 5.32 Å². The average molecular weight is 240 g/mol. The minimum Gasteiger partial charge on any atom is -0.301 e. The molecule has 2 aromatic carbocycles. The molecule has 0 fully saturated rings. The molecule has 2 rings (SSSR count). The molecular formula is C15H16N2O+. The maximum atomic E-state index is 12.2. The zero-order valence-corrected chi connectivity index (χ0v) is 10.3. The monoisotopic (exact) mass is 240 g/mol. The van der Waals surface area contributed by atoms with Gasteiger partial charge in [-0.25, -0.2) is 4.79 Å². The number of nitrogens with zero attached hydrogens (tertiary/aromatic N) is 1. The number of hydrogen-bond acceptors (Lipinski definition) is 1. The molecule has 0 saturated carbocycles. The summed E-state index contributed by atoms with van der Waals surface area (Å²) >= 11 is 0. The van der Waals surface area contributed by atoms with Gasteiger partial charge in [-0.3, -0.25) is 0 Å². The molecule has 0 aliphatic heterocycles. The smallest absolute Gasteiger partial charge is 0.301 e. The van der Waals surface area contributed by atoms with Crippen molar-refractivity contribution in [3.63, 3.8) is 0 Å². The Morgan fingerprint density at radius 2 is 1.39 bits per heavy atom. The van der Waals surface area contributed by atoms with Crippen LogP contribution in [0.3, 0.4) is 0 Å². The van der Waals surface area contributed by atoms with Crippen LogP contribution in [0.4, 0.5) is 16.2 Å². The third kappa shape index (κ3) is 2.76. The van der Waals surface area contributed by atoms with E-state index in [0.29, 0.717) is 6.54 Å². The lowest BCUT2D eigenvalue weighted by atomic mass is 10.2. The molecule has 0 aliphatic rings. The largest absolute Gasteiger partial charge is 0.476 e. The minimum atomic E-state index is -0.116. The van der Waals surface area contributed by atoms with Crippen molar-refractivity contribution in [2.75, 3.05) is 6.54 Å². The zero-order chi connectivity index (χ0) is 12.8. The Morgan fingerprint density at radius 1 is 0.944 bits per heavy atom. The van der Waals surface area contributed by atoms with E-state index < -0.39 is 0 Å². The van der Waals surface area contributed by atoms with E-state index in [1.54, 1.807) is 4.90 Å². The molecule has 1 radical (unpaired) electrons. The van der Waals surface area contributed by atoms with Gasteiger partial charge in [-0.2, -0.15) is 0 Å². The van der Waals surface area contributed by atoms with Gasteiger partial charge in [0.15, 0.2) is 11.4 Å². The van der Waals surface area contributed by atoms with Crippen LogP contribution in [0.2, 0.25) is 0 Å². The molecule has 0 atom stereocenters. The predicted octanol–water partition coefficient (Wildman–Crippen LogP) is 3.52. The Bertz CT molecular complexity index is 457. The molecule has 2 amide bonds. The van der Waals surface area contributed by atoms with E-state index in [9.17, 15) is 4.79 Å². The molecule has 3 nitrogen and oxygen atoms in total. The van der Waals surface area contributed by atoms with E-state index in [0.717, 1.165) is 11.4 Å². The van der Waals surface area contributed by atoms with Gasteiger partial charge in [-0.15, -0.1) is 0 Å². The Kier molecular flexibility index (Phi) is 4.10. The van der Waals surface area contributed by atoms with Gasteiger partial charge in [0.05, 0.1) is 0 Å². The summed E-state index contributed by atoms with van der Waals surface area (Å²) in [7, 11) is 0. The molecule has 0 bridgehead atoms. The normalized spacial score (nSPS) is 10.3. The van der Waals surface area contributed by atoms with Crippen LogP contribution in [-0.4, -0.2) is 12.6 Å². The molecule has 0 aromatic heterocycles. The van der Waals surface area contributed by atoms with E-state index in [1.807, 2.05) is 67.6 Å². The Labute approximate surface area is 107 Å². The van der Waals surface area contributed by atoms with Crippen LogP contribution < -0.4 is 10.2 Å². The van der Waals surface area contributed by atoms with E-state index in [2.05, 4.69) is 5.32 Å². The van der Waals surface area contributed by atoms with Crippen molar-refractivity contribution in [1.29, 1.82) is 0 Å². The number of urea groups is 1. The standard InChI is InChI=1S/C15H16N2O/c1-2-16-15(18)17(13-9-5-3-6-10-13)14-11-7-4-8-12-14/h3-12H,2H2,1H3,(H,16,18)/q+1. The second-order valence-electron chi connectivity index (χ2n) is 3.84. The van der Waals surface area contributed by atoms with Crippen LogP contribution in [0, 0.1) is 0 Å².